The number of hydrogen-bond acceptors (Lipinski definition) is 4. The largest absolute Gasteiger partial charge is 0.492 e. The Bertz CT molecular complexity index is 1050. The first kappa shape index (κ1) is 20.7. The van der Waals surface area contributed by atoms with Crippen LogP contribution in [0.15, 0.2) is 47.0 Å². The number of halogens is 3. The average molecular weight is 449 g/mol. The fourth-order valence-corrected chi connectivity index (χ4v) is 3.87. The lowest BCUT2D eigenvalue weighted by Crippen LogP contribution is -2.36. The van der Waals surface area contributed by atoms with Crippen molar-refractivity contribution < 1.29 is 18.4 Å². The van der Waals surface area contributed by atoms with Gasteiger partial charge in [-0.05, 0) is 48.9 Å². The molecule has 2 heterocycles. The van der Waals surface area contributed by atoms with Crippen LogP contribution in [0.2, 0.25) is 10.0 Å². The van der Waals surface area contributed by atoms with Crippen LogP contribution >= 0.6 is 23.2 Å². The molecule has 1 aliphatic heterocycles. The van der Waals surface area contributed by atoms with Gasteiger partial charge in [0.2, 0.25) is 5.91 Å². The third kappa shape index (κ3) is 4.60. The van der Waals surface area contributed by atoms with Gasteiger partial charge in [-0.2, -0.15) is 0 Å². The smallest absolute Gasteiger partial charge is 0.223 e. The van der Waals surface area contributed by atoms with Crippen LogP contribution in [-0.4, -0.2) is 29.1 Å². The van der Waals surface area contributed by atoms with E-state index in [0.29, 0.717) is 60.5 Å². The summed E-state index contributed by atoms with van der Waals surface area (Å²) in [6, 6.07) is 11.1. The molecule has 1 amide bonds. The van der Waals surface area contributed by atoms with Gasteiger partial charge in [-0.3, -0.25) is 4.79 Å². The molecule has 8 heteroatoms. The Kier molecular flexibility index (Phi) is 6.25. The van der Waals surface area contributed by atoms with Crippen molar-refractivity contribution in [2.45, 2.75) is 25.8 Å². The number of carbonyl (C=O) groups excluding carboxylic acids is 1. The summed E-state index contributed by atoms with van der Waals surface area (Å²) in [7, 11) is 0. The number of rotatable bonds is 6. The summed E-state index contributed by atoms with van der Waals surface area (Å²) in [5, 5.41) is 5.11. The summed E-state index contributed by atoms with van der Waals surface area (Å²) in [4.78, 5) is 14.5. The van der Waals surface area contributed by atoms with Gasteiger partial charge in [-0.1, -0.05) is 28.4 Å². The lowest BCUT2D eigenvalue weighted by Gasteiger charge is -2.26. The standard InChI is InChI=1S/C22H19Cl2FN2O3/c23-15-5-8-20(18(24)12-15)29-11-1-2-21(28)27-10-9-19-17(13-27)22(30-26-19)14-3-6-16(25)7-4-14/h3-8,12H,1-2,9-11,13H2. The first-order chi connectivity index (χ1) is 14.5. The third-order valence-corrected chi connectivity index (χ3v) is 5.51. The van der Waals surface area contributed by atoms with Crippen molar-refractivity contribution in [1.82, 2.24) is 10.1 Å². The first-order valence-electron chi connectivity index (χ1n) is 9.60. The number of hydrogen-bond donors (Lipinski definition) is 0. The molecule has 30 heavy (non-hydrogen) atoms. The summed E-state index contributed by atoms with van der Waals surface area (Å²) in [5.41, 5.74) is 2.47. The molecule has 0 saturated heterocycles. The monoisotopic (exact) mass is 448 g/mol. The molecule has 0 radical (unpaired) electrons. The molecular formula is C22H19Cl2FN2O3. The van der Waals surface area contributed by atoms with Crippen molar-refractivity contribution in [2.24, 2.45) is 0 Å². The number of nitrogens with zero attached hydrogens (tertiary/aromatic N) is 2. The molecule has 0 aliphatic carbocycles. The maximum absolute atomic E-state index is 13.2. The topological polar surface area (TPSA) is 55.6 Å². The molecule has 0 N–H and O–H groups in total. The van der Waals surface area contributed by atoms with Gasteiger partial charge in [0, 0.05) is 35.5 Å². The van der Waals surface area contributed by atoms with E-state index in [2.05, 4.69) is 5.16 Å². The van der Waals surface area contributed by atoms with E-state index in [9.17, 15) is 9.18 Å². The molecule has 0 fully saturated rings. The van der Waals surface area contributed by atoms with Crippen molar-refractivity contribution in [3.8, 4) is 17.1 Å². The zero-order valence-corrected chi connectivity index (χ0v) is 17.5. The fourth-order valence-electron chi connectivity index (χ4n) is 3.41. The van der Waals surface area contributed by atoms with E-state index in [4.69, 9.17) is 32.5 Å². The number of carbonyl (C=O) groups is 1. The summed E-state index contributed by atoms with van der Waals surface area (Å²) in [5.74, 6) is 0.858. The molecule has 156 valence electrons. The van der Waals surface area contributed by atoms with Gasteiger partial charge in [0.25, 0.3) is 0 Å². The van der Waals surface area contributed by atoms with Crippen LogP contribution in [0.5, 0.6) is 5.75 Å². The van der Waals surface area contributed by atoms with Crippen molar-refractivity contribution in [2.75, 3.05) is 13.2 Å². The predicted octanol–water partition coefficient (Wildman–Crippen LogP) is 5.53. The Labute approximate surface area is 183 Å². The highest BCUT2D eigenvalue weighted by Crippen LogP contribution is 2.31. The fraction of sp³-hybridized carbons (Fsp3) is 0.273. The second-order valence-electron chi connectivity index (χ2n) is 7.04. The number of aromatic nitrogens is 1. The minimum Gasteiger partial charge on any atom is -0.492 e. The quantitative estimate of drug-likeness (QED) is 0.465. The van der Waals surface area contributed by atoms with Gasteiger partial charge in [0.1, 0.15) is 11.6 Å². The van der Waals surface area contributed by atoms with Crippen LogP contribution in [0.1, 0.15) is 24.1 Å². The summed E-state index contributed by atoms with van der Waals surface area (Å²) >= 11 is 12.0. The number of amides is 1. The van der Waals surface area contributed by atoms with Crippen LogP contribution in [0.3, 0.4) is 0 Å². The molecule has 0 bridgehead atoms. The summed E-state index contributed by atoms with van der Waals surface area (Å²) in [6.07, 6.45) is 1.55. The van der Waals surface area contributed by atoms with Crippen molar-refractivity contribution in [1.29, 1.82) is 0 Å². The molecule has 2 aromatic carbocycles. The maximum Gasteiger partial charge on any atom is 0.223 e. The highest BCUT2D eigenvalue weighted by Gasteiger charge is 2.27. The van der Waals surface area contributed by atoms with Crippen LogP contribution in [0.25, 0.3) is 11.3 Å². The van der Waals surface area contributed by atoms with E-state index in [1.165, 1.54) is 12.1 Å². The van der Waals surface area contributed by atoms with E-state index in [-0.39, 0.29) is 11.7 Å². The Morgan fingerprint density at radius 2 is 2.00 bits per heavy atom. The Hall–Kier alpha value is -2.57. The minimum atomic E-state index is -0.314. The van der Waals surface area contributed by atoms with Crippen LogP contribution in [-0.2, 0) is 17.8 Å². The molecule has 0 saturated carbocycles. The molecule has 1 aromatic heterocycles. The molecule has 3 aromatic rings. The lowest BCUT2D eigenvalue weighted by atomic mass is 10.0. The van der Waals surface area contributed by atoms with Gasteiger partial charge < -0.3 is 14.2 Å². The van der Waals surface area contributed by atoms with Gasteiger partial charge in [0.05, 0.1) is 23.9 Å². The van der Waals surface area contributed by atoms with Gasteiger partial charge in [-0.15, -0.1) is 0 Å². The van der Waals surface area contributed by atoms with E-state index < -0.39 is 0 Å². The van der Waals surface area contributed by atoms with Crippen LogP contribution in [0.4, 0.5) is 4.39 Å². The van der Waals surface area contributed by atoms with Crippen LogP contribution < -0.4 is 4.74 Å². The Morgan fingerprint density at radius 1 is 1.20 bits per heavy atom. The van der Waals surface area contributed by atoms with E-state index in [0.717, 1.165) is 16.8 Å². The second-order valence-corrected chi connectivity index (χ2v) is 7.88. The Morgan fingerprint density at radius 3 is 2.77 bits per heavy atom. The van der Waals surface area contributed by atoms with Crippen LogP contribution in [0, 0.1) is 5.82 Å². The molecule has 1 aliphatic rings. The predicted molar refractivity (Wildman–Crippen MR) is 112 cm³/mol. The first-order valence-corrected chi connectivity index (χ1v) is 10.4. The molecular weight excluding hydrogens is 430 g/mol. The number of fused-ring (bicyclic) bond motifs is 1. The number of benzene rings is 2. The normalized spacial score (nSPS) is 13.2. The summed E-state index contributed by atoms with van der Waals surface area (Å²) < 4.78 is 24.3. The van der Waals surface area contributed by atoms with Gasteiger partial charge in [-0.25, -0.2) is 4.39 Å². The molecule has 0 spiro atoms. The molecule has 5 nitrogen and oxygen atoms in total. The van der Waals surface area contributed by atoms with Gasteiger partial charge >= 0.3 is 0 Å². The number of ether oxygens (including phenoxy) is 1. The Balaban J connectivity index is 1.33. The molecule has 0 unspecified atom stereocenters. The van der Waals surface area contributed by atoms with Crippen molar-refractivity contribution in [3.05, 3.63) is 69.6 Å². The highest BCUT2D eigenvalue weighted by molar-refractivity contribution is 6.35. The van der Waals surface area contributed by atoms with Crippen molar-refractivity contribution >= 4 is 29.1 Å². The third-order valence-electron chi connectivity index (χ3n) is 4.98. The second kappa shape index (κ2) is 9.06. The molecule has 0 atom stereocenters. The van der Waals surface area contributed by atoms with E-state index >= 15 is 0 Å². The van der Waals surface area contributed by atoms with E-state index in [1.54, 1.807) is 35.2 Å². The SMILES string of the molecule is O=C(CCCOc1ccc(Cl)cc1Cl)N1CCc2noc(-c3ccc(F)cc3)c2C1. The summed E-state index contributed by atoms with van der Waals surface area (Å²) in [6.45, 7) is 1.39. The zero-order chi connectivity index (χ0) is 21.1. The van der Waals surface area contributed by atoms with Gasteiger partial charge in [0.15, 0.2) is 5.76 Å². The lowest BCUT2D eigenvalue weighted by molar-refractivity contribution is -0.132. The van der Waals surface area contributed by atoms with Crippen molar-refractivity contribution in [3.63, 3.8) is 0 Å². The highest BCUT2D eigenvalue weighted by atomic mass is 35.5. The maximum atomic E-state index is 13.2. The average Bonchev–Trinajstić information content (AvgIpc) is 3.16. The zero-order valence-electron chi connectivity index (χ0n) is 16.0. The molecule has 4 rings (SSSR count). The van der Waals surface area contributed by atoms with E-state index in [1.807, 2.05) is 0 Å². The minimum absolute atomic E-state index is 0.0395.